The highest BCUT2D eigenvalue weighted by Gasteiger charge is 2.40. The van der Waals surface area contributed by atoms with Crippen LogP contribution in [-0.4, -0.2) is 77.0 Å². The number of hydrogen-bond acceptors (Lipinski definition) is 6. The van der Waals surface area contributed by atoms with Gasteiger partial charge in [-0.1, -0.05) is 18.2 Å². The summed E-state index contributed by atoms with van der Waals surface area (Å²) in [6, 6.07) is 8.92. The lowest BCUT2D eigenvalue weighted by Crippen LogP contribution is -2.49. The number of urea groups is 1. The number of aromatic nitrogens is 1. The van der Waals surface area contributed by atoms with E-state index in [0.717, 1.165) is 54.5 Å². The molecule has 3 aliphatic heterocycles. The fourth-order valence-electron chi connectivity index (χ4n) is 5.13. The molecule has 3 saturated heterocycles. The van der Waals surface area contributed by atoms with Crippen molar-refractivity contribution < 1.29 is 19.1 Å². The second-order valence-electron chi connectivity index (χ2n) is 9.09. The van der Waals surface area contributed by atoms with Crippen LogP contribution >= 0.6 is 0 Å². The number of nitrogens with one attached hydrogen (secondary N) is 2. The molecule has 174 valence electrons. The first-order valence-corrected chi connectivity index (χ1v) is 11.6. The minimum absolute atomic E-state index is 0.0436. The summed E-state index contributed by atoms with van der Waals surface area (Å²) in [6.07, 6.45) is 2.67. The van der Waals surface area contributed by atoms with Crippen molar-refractivity contribution in [3.05, 3.63) is 41.6 Å². The molecule has 4 heterocycles. The van der Waals surface area contributed by atoms with Gasteiger partial charge in [0.2, 0.25) is 5.91 Å². The zero-order chi connectivity index (χ0) is 22.9. The predicted octanol–water partition coefficient (Wildman–Crippen LogP) is 1.33. The molecular weight excluding hydrogens is 422 g/mol. The van der Waals surface area contributed by atoms with Crippen LogP contribution in [0.15, 0.2) is 30.3 Å². The molecule has 4 amide bonds. The third-order valence-electron chi connectivity index (χ3n) is 6.85. The molecule has 0 aliphatic carbocycles. The molecule has 2 atom stereocenters. The molecule has 0 radical (unpaired) electrons. The molecule has 0 spiro atoms. The lowest BCUT2D eigenvalue weighted by molar-refractivity contribution is -0.133. The van der Waals surface area contributed by atoms with E-state index in [9.17, 15) is 14.4 Å². The maximum absolute atomic E-state index is 12.9. The summed E-state index contributed by atoms with van der Waals surface area (Å²) in [5, 5.41) is 5.91. The Balaban J connectivity index is 1.12. The molecule has 9 nitrogen and oxygen atoms in total. The van der Waals surface area contributed by atoms with Gasteiger partial charge in [-0.2, -0.15) is 0 Å². The van der Waals surface area contributed by atoms with Crippen molar-refractivity contribution >= 4 is 28.7 Å². The largest absolute Gasteiger partial charge is 0.373 e. The van der Waals surface area contributed by atoms with Crippen molar-refractivity contribution in [2.75, 3.05) is 26.2 Å². The van der Waals surface area contributed by atoms with Gasteiger partial charge in [0.1, 0.15) is 6.04 Å². The number of ether oxygens (including phenoxy) is 1. The van der Waals surface area contributed by atoms with Crippen LogP contribution in [0.5, 0.6) is 0 Å². The molecule has 2 unspecified atom stereocenters. The first-order valence-electron chi connectivity index (χ1n) is 11.6. The third-order valence-corrected chi connectivity index (χ3v) is 6.85. The number of amides is 4. The molecule has 1 aromatic heterocycles. The van der Waals surface area contributed by atoms with Gasteiger partial charge in [0.05, 0.1) is 30.8 Å². The van der Waals surface area contributed by atoms with E-state index in [1.54, 1.807) is 4.90 Å². The summed E-state index contributed by atoms with van der Waals surface area (Å²) in [5.74, 6) is -0.326. The number of rotatable bonds is 6. The van der Waals surface area contributed by atoms with Gasteiger partial charge in [-0.3, -0.25) is 24.8 Å². The standard InChI is InChI=1S/C24H29N5O4/c1-15-12-16(18-4-2-3-5-19(18)25-15)14-33-17-6-9-28(10-7-17)21-8-11-29(23(21)31)13-20-22(30)27-24(32)26-20/h2-5,12,17,20-21H,6-11,13-14H2,1H3,(H2,26,27,30,32). The topological polar surface area (TPSA) is 104 Å². The Bertz CT molecular complexity index is 1080. The number of carbonyl (C=O) groups excluding carboxylic acids is 3. The summed E-state index contributed by atoms with van der Waals surface area (Å²) in [6.45, 7) is 5.01. The lowest BCUT2D eigenvalue weighted by Gasteiger charge is -2.35. The number of nitrogens with zero attached hydrogens (tertiary/aromatic N) is 3. The van der Waals surface area contributed by atoms with Gasteiger partial charge in [-0.25, -0.2) is 4.79 Å². The Morgan fingerprint density at radius 3 is 2.64 bits per heavy atom. The molecule has 3 fully saturated rings. The van der Waals surface area contributed by atoms with E-state index in [1.165, 1.54) is 0 Å². The van der Waals surface area contributed by atoms with Gasteiger partial charge in [0, 0.05) is 30.7 Å². The number of imide groups is 1. The van der Waals surface area contributed by atoms with Gasteiger partial charge in [-0.15, -0.1) is 0 Å². The smallest absolute Gasteiger partial charge is 0.322 e. The van der Waals surface area contributed by atoms with Crippen LogP contribution in [0.3, 0.4) is 0 Å². The highest BCUT2D eigenvalue weighted by Crippen LogP contribution is 2.25. The first kappa shape index (κ1) is 21.8. The molecule has 1 aromatic carbocycles. The molecule has 5 rings (SSSR count). The van der Waals surface area contributed by atoms with Crippen molar-refractivity contribution in [1.82, 2.24) is 25.4 Å². The zero-order valence-electron chi connectivity index (χ0n) is 18.8. The SMILES string of the molecule is Cc1cc(COC2CCN(C3CCN(CC4NC(=O)NC4=O)C3=O)CC2)c2ccccc2n1. The van der Waals surface area contributed by atoms with Gasteiger partial charge >= 0.3 is 6.03 Å². The fraction of sp³-hybridized carbons (Fsp3) is 0.500. The molecule has 2 N–H and O–H groups in total. The Morgan fingerprint density at radius 1 is 1.09 bits per heavy atom. The van der Waals surface area contributed by atoms with E-state index in [0.29, 0.717) is 13.2 Å². The van der Waals surface area contributed by atoms with Crippen molar-refractivity contribution in [1.29, 1.82) is 0 Å². The van der Waals surface area contributed by atoms with Crippen molar-refractivity contribution in [2.45, 2.75) is 51.0 Å². The molecular formula is C24H29N5O4. The van der Waals surface area contributed by atoms with Crippen molar-refractivity contribution in [2.24, 2.45) is 0 Å². The Morgan fingerprint density at radius 2 is 1.88 bits per heavy atom. The predicted molar refractivity (Wildman–Crippen MR) is 121 cm³/mol. The number of para-hydroxylation sites is 1. The Labute approximate surface area is 192 Å². The molecule has 33 heavy (non-hydrogen) atoms. The first-order chi connectivity index (χ1) is 16.0. The average Bonchev–Trinajstić information content (AvgIpc) is 3.33. The molecule has 2 aromatic rings. The summed E-state index contributed by atoms with van der Waals surface area (Å²) in [5.41, 5.74) is 3.14. The van der Waals surface area contributed by atoms with E-state index >= 15 is 0 Å². The zero-order valence-corrected chi connectivity index (χ0v) is 18.8. The Kier molecular flexibility index (Phi) is 5.99. The normalized spacial score (nSPS) is 24.5. The summed E-state index contributed by atoms with van der Waals surface area (Å²) in [4.78, 5) is 44.6. The minimum atomic E-state index is -0.660. The molecule has 9 heteroatoms. The van der Waals surface area contributed by atoms with E-state index < -0.39 is 12.1 Å². The van der Waals surface area contributed by atoms with Gasteiger partial charge in [0.15, 0.2) is 0 Å². The molecule has 0 saturated carbocycles. The Hall–Kier alpha value is -3.04. The third kappa shape index (κ3) is 4.56. The number of pyridine rings is 1. The number of carbonyl (C=O) groups is 3. The van der Waals surface area contributed by atoms with E-state index in [1.807, 2.05) is 25.1 Å². The summed E-state index contributed by atoms with van der Waals surface area (Å²) in [7, 11) is 0. The second-order valence-corrected chi connectivity index (χ2v) is 9.09. The van der Waals surface area contributed by atoms with Crippen LogP contribution < -0.4 is 10.6 Å². The molecule has 3 aliphatic rings. The van der Waals surface area contributed by atoms with Gasteiger partial charge in [-0.05, 0) is 43.9 Å². The second kappa shape index (κ2) is 9.07. The van der Waals surface area contributed by atoms with Crippen LogP contribution in [0.25, 0.3) is 10.9 Å². The van der Waals surface area contributed by atoms with E-state index in [-0.39, 0.29) is 30.5 Å². The monoisotopic (exact) mass is 451 g/mol. The van der Waals surface area contributed by atoms with Crippen LogP contribution in [0.2, 0.25) is 0 Å². The minimum Gasteiger partial charge on any atom is -0.373 e. The maximum atomic E-state index is 12.9. The summed E-state index contributed by atoms with van der Waals surface area (Å²) >= 11 is 0. The number of aryl methyl sites for hydroxylation is 1. The van der Waals surface area contributed by atoms with E-state index in [4.69, 9.17) is 4.74 Å². The van der Waals surface area contributed by atoms with E-state index in [2.05, 4.69) is 32.7 Å². The average molecular weight is 452 g/mol. The van der Waals surface area contributed by atoms with Gasteiger partial charge < -0.3 is 15.0 Å². The van der Waals surface area contributed by atoms with Crippen LogP contribution in [0.1, 0.15) is 30.5 Å². The van der Waals surface area contributed by atoms with Gasteiger partial charge in [0.25, 0.3) is 5.91 Å². The van der Waals surface area contributed by atoms with Crippen LogP contribution in [0.4, 0.5) is 4.79 Å². The number of piperidine rings is 1. The van der Waals surface area contributed by atoms with Crippen molar-refractivity contribution in [3.63, 3.8) is 0 Å². The lowest BCUT2D eigenvalue weighted by atomic mass is 10.0. The summed E-state index contributed by atoms with van der Waals surface area (Å²) < 4.78 is 6.27. The molecule has 0 bridgehead atoms. The fourth-order valence-corrected chi connectivity index (χ4v) is 5.13. The number of benzene rings is 1. The number of likely N-dealkylation sites (tertiary alicyclic amines) is 2. The number of hydrogen-bond donors (Lipinski definition) is 2. The van der Waals surface area contributed by atoms with Crippen LogP contribution in [-0.2, 0) is 20.9 Å². The highest BCUT2D eigenvalue weighted by molar-refractivity contribution is 6.04. The number of fused-ring (bicyclic) bond motifs is 1. The highest BCUT2D eigenvalue weighted by atomic mass is 16.5. The van der Waals surface area contributed by atoms with Crippen LogP contribution in [0, 0.1) is 6.92 Å². The quantitative estimate of drug-likeness (QED) is 0.643. The van der Waals surface area contributed by atoms with Crippen molar-refractivity contribution in [3.8, 4) is 0 Å². The maximum Gasteiger partial charge on any atom is 0.322 e.